The lowest BCUT2D eigenvalue weighted by molar-refractivity contribution is 0.237. The van der Waals surface area contributed by atoms with Gasteiger partial charge in [-0.2, -0.15) is 16.4 Å². The highest BCUT2D eigenvalue weighted by Crippen LogP contribution is 2.32. The van der Waals surface area contributed by atoms with Gasteiger partial charge in [-0.3, -0.25) is 20.0 Å². The summed E-state index contributed by atoms with van der Waals surface area (Å²) in [6.45, 7) is 3.93. The summed E-state index contributed by atoms with van der Waals surface area (Å²) in [5.74, 6) is 1.45. The number of hydrogen-bond acceptors (Lipinski definition) is 8. The van der Waals surface area contributed by atoms with E-state index in [2.05, 4.69) is 52.5 Å². The second kappa shape index (κ2) is 9.38. The molecule has 9 nitrogen and oxygen atoms in total. The molecule has 0 spiro atoms. The summed E-state index contributed by atoms with van der Waals surface area (Å²) in [7, 11) is 0. The molecule has 184 valence electrons. The fraction of sp³-hybridized carbons (Fsp3) is 0.222. The average Bonchev–Trinajstić information content (AvgIpc) is 3.74. The van der Waals surface area contributed by atoms with Crippen molar-refractivity contribution in [1.82, 2.24) is 40.0 Å². The maximum atomic E-state index is 6.01. The summed E-state index contributed by atoms with van der Waals surface area (Å²) in [5.41, 5.74) is 6.94. The van der Waals surface area contributed by atoms with Gasteiger partial charge in [-0.25, -0.2) is 9.97 Å². The van der Waals surface area contributed by atoms with Gasteiger partial charge >= 0.3 is 0 Å². The lowest BCUT2D eigenvalue weighted by Gasteiger charge is -2.15. The molecule has 1 aliphatic rings. The van der Waals surface area contributed by atoms with Gasteiger partial charge in [-0.1, -0.05) is 0 Å². The first-order valence-electron chi connectivity index (χ1n) is 12.3. The van der Waals surface area contributed by atoms with E-state index in [0.29, 0.717) is 18.1 Å². The van der Waals surface area contributed by atoms with Crippen molar-refractivity contribution in [2.24, 2.45) is 0 Å². The lowest BCUT2D eigenvalue weighted by Crippen LogP contribution is -2.25. The number of nitrogens with one attached hydrogen (secondary N) is 2. The van der Waals surface area contributed by atoms with Gasteiger partial charge < -0.3 is 9.72 Å². The van der Waals surface area contributed by atoms with Crippen molar-refractivity contribution in [3.8, 4) is 39.7 Å². The topological polar surface area (TPSA) is 108 Å². The van der Waals surface area contributed by atoms with Crippen molar-refractivity contribution in [3.63, 3.8) is 0 Å². The highest BCUT2D eigenvalue weighted by atomic mass is 32.1. The fourth-order valence-electron chi connectivity index (χ4n) is 4.86. The van der Waals surface area contributed by atoms with Crippen molar-refractivity contribution in [3.05, 3.63) is 59.8 Å². The van der Waals surface area contributed by atoms with Gasteiger partial charge in [0, 0.05) is 47.2 Å². The minimum absolute atomic E-state index is 0.626. The number of nitrogens with zero attached hydrogens (tertiary/aromatic N) is 6. The molecule has 1 fully saturated rings. The van der Waals surface area contributed by atoms with Crippen LogP contribution in [0.3, 0.4) is 0 Å². The van der Waals surface area contributed by atoms with Gasteiger partial charge in [0.05, 0.1) is 22.8 Å². The molecule has 6 aromatic rings. The second-order valence-electron chi connectivity index (χ2n) is 9.15. The first-order valence-corrected chi connectivity index (χ1v) is 13.3. The standard InChI is InChI=1S/C27H24N8OS/c1-2-7-35(6-1)8-9-36-20-11-18(13-28-15-20)19-12-21-24(33-34-26(21)30-14-19)27-31-22-3-5-29-23(25(22)32-27)17-4-10-37-16-17/h3-5,10-16H,1-2,6-9H2,(H,31,32)(H,30,33,34). The van der Waals surface area contributed by atoms with E-state index >= 15 is 0 Å². The molecule has 0 amide bonds. The Bertz CT molecular complexity index is 1680. The Hall–Kier alpha value is -4.15. The van der Waals surface area contributed by atoms with Gasteiger partial charge in [0.25, 0.3) is 0 Å². The van der Waals surface area contributed by atoms with Crippen molar-refractivity contribution in [2.75, 3.05) is 26.2 Å². The van der Waals surface area contributed by atoms with E-state index < -0.39 is 0 Å². The number of imidazole rings is 1. The summed E-state index contributed by atoms with van der Waals surface area (Å²) in [6.07, 6.45) is 9.77. The van der Waals surface area contributed by atoms with Gasteiger partial charge in [0.1, 0.15) is 23.6 Å². The number of aromatic amines is 2. The number of aromatic nitrogens is 7. The molecule has 0 bridgehead atoms. The lowest BCUT2D eigenvalue weighted by atomic mass is 10.1. The van der Waals surface area contributed by atoms with E-state index in [1.165, 1.54) is 12.8 Å². The van der Waals surface area contributed by atoms with E-state index in [1.807, 2.05) is 29.9 Å². The van der Waals surface area contributed by atoms with Crippen LogP contribution in [0.5, 0.6) is 5.75 Å². The van der Waals surface area contributed by atoms with Crippen LogP contribution < -0.4 is 4.74 Å². The molecule has 10 heteroatoms. The summed E-state index contributed by atoms with van der Waals surface area (Å²) in [5, 5.41) is 12.5. The monoisotopic (exact) mass is 508 g/mol. The number of fused-ring (bicyclic) bond motifs is 2. The Morgan fingerprint density at radius 3 is 2.81 bits per heavy atom. The number of pyridine rings is 3. The molecule has 0 unspecified atom stereocenters. The number of likely N-dealkylation sites (tertiary alicyclic amines) is 1. The van der Waals surface area contributed by atoms with Crippen molar-refractivity contribution < 1.29 is 4.74 Å². The molecule has 6 aromatic heterocycles. The van der Waals surface area contributed by atoms with Crippen LogP contribution >= 0.6 is 11.3 Å². The third-order valence-corrected chi connectivity index (χ3v) is 7.45. The largest absolute Gasteiger partial charge is 0.491 e. The van der Waals surface area contributed by atoms with Crippen LogP contribution in [0, 0.1) is 0 Å². The molecular weight excluding hydrogens is 484 g/mol. The maximum absolute atomic E-state index is 6.01. The molecule has 1 saturated heterocycles. The summed E-state index contributed by atoms with van der Waals surface area (Å²) >= 11 is 1.64. The predicted octanol–water partition coefficient (Wildman–Crippen LogP) is 5.16. The van der Waals surface area contributed by atoms with Crippen LogP contribution in [0.4, 0.5) is 0 Å². The van der Waals surface area contributed by atoms with Crippen LogP contribution in [0.25, 0.3) is 56.0 Å². The van der Waals surface area contributed by atoms with Gasteiger partial charge in [0.15, 0.2) is 11.5 Å². The molecule has 0 radical (unpaired) electrons. The first kappa shape index (κ1) is 22.1. The molecule has 7 rings (SSSR count). The Labute approximate surface area is 216 Å². The normalized spacial score (nSPS) is 14.2. The molecule has 1 aliphatic heterocycles. The van der Waals surface area contributed by atoms with Crippen LogP contribution in [0.2, 0.25) is 0 Å². The molecule has 37 heavy (non-hydrogen) atoms. The molecule has 0 aliphatic carbocycles. The zero-order valence-electron chi connectivity index (χ0n) is 20.0. The van der Waals surface area contributed by atoms with Crippen molar-refractivity contribution in [1.29, 1.82) is 0 Å². The molecule has 7 heterocycles. The Balaban J connectivity index is 1.20. The zero-order valence-corrected chi connectivity index (χ0v) is 20.8. The maximum Gasteiger partial charge on any atom is 0.181 e. The number of rotatable bonds is 7. The van der Waals surface area contributed by atoms with Gasteiger partial charge in [-0.05, 0) is 55.6 Å². The summed E-state index contributed by atoms with van der Waals surface area (Å²) in [6, 6.07) is 8.07. The van der Waals surface area contributed by atoms with E-state index in [4.69, 9.17) is 9.72 Å². The van der Waals surface area contributed by atoms with E-state index in [1.54, 1.807) is 23.7 Å². The molecule has 2 N–H and O–H groups in total. The SMILES string of the molecule is c1cc2[nH]c(-c3[nH]nc4ncc(-c5cncc(OCCN6CCCC6)c5)cc34)nc2c(-c2ccsc2)n1. The van der Waals surface area contributed by atoms with Crippen LogP contribution in [0.15, 0.2) is 59.8 Å². The Morgan fingerprint density at radius 1 is 1.00 bits per heavy atom. The average molecular weight is 509 g/mol. The van der Waals surface area contributed by atoms with E-state index in [0.717, 1.165) is 69.9 Å². The predicted molar refractivity (Wildman–Crippen MR) is 144 cm³/mol. The second-order valence-corrected chi connectivity index (χ2v) is 9.93. The number of hydrogen-bond donors (Lipinski definition) is 2. The summed E-state index contributed by atoms with van der Waals surface area (Å²) < 4.78 is 6.01. The Kier molecular flexibility index (Phi) is 5.60. The van der Waals surface area contributed by atoms with Gasteiger partial charge in [-0.15, -0.1) is 0 Å². The third-order valence-electron chi connectivity index (χ3n) is 6.76. The van der Waals surface area contributed by atoms with Gasteiger partial charge in [0.2, 0.25) is 0 Å². The first-order chi connectivity index (χ1) is 18.3. The minimum Gasteiger partial charge on any atom is -0.491 e. The third kappa shape index (κ3) is 4.24. The molecule has 0 atom stereocenters. The minimum atomic E-state index is 0.626. The number of H-pyrrole nitrogens is 2. The summed E-state index contributed by atoms with van der Waals surface area (Å²) in [4.78, 5) is 24.3. The highest BCUT2D eigenvalue weighted by molar-refractivity contribution is 7.08. The zero-order chi connectivity index (χ0) is 24.6. The number of thiophene rings is 1. The molecular formula is C27H24N8OS. The molecule has 0 aromatic carbocycles. The van der Waals surface area contributed by atoms with Crippen molar-refractivity contribution >= 4 is 33.4 Å². The van der Waals surface area contributed by atoms with E-state index in [9.17, 15) is 0 Å². The Morgan fingerprint density at radius 2 is 1.92 bits per heavy atom. The van der Waals surface area contributed by atoms with Crippen LogP contribution in [-0.4, -0.2) is 66.3 Å². The van der Waals surface area contributed by atoms with E-state index in [-0.39, 0.29) is 0 Å². The highest BCUT2D eigenvalue weighted by Gasteiger charge is 2.17. The van der Waals surface area contributed by atoms with Crippen LogP contribution in [-0.2, 0) is 0 Å². The quantitative estimate of drug-likeness (QED) is 0.307. The van der Waals surface area contributed by atoms with Crippen molar-refractivity contribution in [2.45, 2.75) is 12.8 Å². The smallest absolute Gasteiger partial charge is 0.181 e. The fourth-order valence-corrected chi connectivity index (χ4v) is 5.50. The number of ether oxygens (including phenoxy) is 1. The van der Waals surface area contributed by atoms with Crippen LogP contribution in [0.1, 0.15) is 12.8 Å². The molecule has 0 saturated carbocycles.